The van der Waals surface area contributed by atoms with Crippen LogP contribution < -0.4 is 10.5 Å². The van der Waals surface area contributed by atoms with E-state index in [0.29, 0.717) is 6.07 Å². The number of sulfonamides is 1. The summed E-state index contributed by atoms with van der Waals surface area (Å²) in [4.78, 5) is 12.9. The van der Waals surface area contributed by atoms with Crippen LogP contribution in [-0.2, 0) is 26.4 Å². The highest BCUT2D eigenvalue weighted by atomic mass is 32.2. The number of halogens is 4. The molecule has 0 fully saturated rings. The summed E-state index contributed by atoms with van der Waals surface area (Å²) in [6, 6.07) is 9.98. The molecule has 164 valence electrons. The van der Waals surface area contributed by atoms with E-state index in [4.69, 9.17) is 5.14 Å². The quantitative estimate of drug-likeness (QED) is 0.511. The molecule has 1 amide bonds. The molecule has 7 nitrogen and oxygen atoms in total. The SMILES string of the molecule is CNC(=O)C(c1ccc(F)cc1)(c1ccc(S(N)(=O)=O)cc1)c1cc(C(F)(F)F)n[nH]1. The maximum Gasteiger partial charge on any atom is 0.435 e. The number of primary sulfonamides is 1. The number of nitrogens with two attached hydrogens (primary N) is 1. The molecule has 1 heterocycles. The normalized spacial score (nSPS) is 14.1. The van der Waals surface area contributed by atoms with E-state index in [0.717, 1.165) is 24.3 Å². The number of alkyl halides is 3. The number of nitrogens with zero attached hydrogens (tertiary/aromatic N) is 1. The third kappa shape index (κ3) is 4.03. The Bertz CT molecular complexity index is 1210. The van der Waals surface area contributed by atoms with Gasteiger partial charge in [-0.25, -0.2) is 17.9 Å². The van der Waals surface area contributed by atoms with Gasteiger partial charge in [0.05, 0.1) is 10.6 Å². The van der Waals surface area contributed by atoms with Gasteiger partial charge in [0, 0.05) is 7.05 Å². The molecule has 3 aromatic rings. The summed E-state index contributed by atoms with van der Waals surface area (Å²) >= 11 is 0. The number of aromatic amines is 1. The van der Waals surface area contributed by atoms with Crippen LogP contribution in [0.2, 0.25) is 0 Å². The lowest BCUT2D eigenvalue weighted by Gasteiger charge is -2.32. The number of rotatable bonds is 5. The van der Waals surface area contributed by atoms with Crippen molar-refractivity contribution in [1.29, 1.82) is 0 Å². The van der Waals surface area contributed by atoms with E-state index in [9.17, 15) is 30.8 Å². The first-order valence-electron chi connectivity index (χ1n) is 8.65. The lowest BCUT2D eigenvalue weighted by molar-refractivity contribution is -0.141. The second-order valence-electron chi connectivity index (χ2n) is 6.57. The second-order valence-corrected chi connectivity index (χ2v) is 8.13. The van der Waals surface area contributed by atoms with Gasteiger partial charge >= 0.3 is 6.18 Å². The Labute approximate surface area is 174 Å². The molecule has 4 N–H and O–H groups in total. The maximum absolute atomic E-state index is 13.6. The van der Waals surface area contributed by atoms with Gasteiger partial charge in [0.15, 0.2) is 5.69 Å². The summed E-state index contributed by atoms with van der Waals surface area (Å²) in [5.74, 6) is -1.39. The minimum absolute atomic E-state index is 0.100. The lowest BCUT2D eigenvalue weighted by Crippen LogP contribution is -2.45. The zero-order chi connectivity index (χ0) is 23.0. The van der Waals surface area contributed by atoms with E-state index in [1.165, 1.54) is 31.3 Å². The standard InChI is InChI=1S/C19H16F4N4O3S/c1-25-17(28)18(11-2-6-13(20)7-3-11,15-10-16(27-26-15)19(21,22)23)12-4-8-14(9-5-12)31(24,29)30/h2-10H,1H3,(H,25,28)(H,26,27)(H2,24,29,30). The Balaban J connectivity index is 2.36. The van der Waals surface area contributed by atoms with Crippen molar-refractivity contribution in [3.05, 3.63) is 82.9 Å². The number of carbonyl (C=O) groups excluding carboxylic acids is 1. The highest BCUT2D eigenvalue weighted by Gasteiger charge is 2.47. The van der Waals surface area contributed by atoms with E-state index in [-0.39, 0.29) is 21.7 Å². The van der Waals surface area contributed by atoms with Crippen LogP contribution in [0, 0.1) is 5.82 Å². The number of aromatic nitrogens is 2. The number of carbonyl (C=O) groups is 1. The Morgan fingerprint density at radius 1 is 1.03 bits per heavy atom. The molecule has 1 unspecified atom stereocenters. The molecular weight excluding hydrogens is 440 g/mol. The number of hydrogen-bond donors (Lipinski definition) is 3. The molecule has 0 radical (unpaired) electrons. The average Bonchev–Trinajstić information content (AvgIpc) is 3.20. The second kappa shape index (κ2) is 7.78. The zero-order valence-corrected chi connectivity index (χ0v) is 16.7. The summed E-state index contributed by atoms with van der Waals surface area (Å²) in [5.41, 5.74) is -3.24. The number of likely N-dealkylation sites (N-methyl/N-ethyl adjacent to an activating group) is 1. The predicted molar refractivity (Wildman–Crippen MR) is 102 cm³/mol. The highest BCUT2D eigenvalue weighted by molar-refractivity contribution is 7.89. The maximum atomic E-state index is 13.6. The van der Waals surface area contributed by atoms with Crippen molar-refractivity contribution in [1.82, 2.24) is 15.5 Å². The van der Waals surface area contributed by atoms with Gasteiger partial charge in [-0.1, -0.05) is 24.3 Å². The van der Waals surface area contributed by atoms with Crippen molar-refractivity contribution < 1.29 is 30.8 Å². The van der Waals surface area contributed by atoms with Gasteiger partial charge in [-0.3, -0.25) is 9.89 Å². The van der Waals surface area contributed by atoms with Gasteiger partial charge in [0.25, 0.3) is 0 Å². The molecule has 12 heteroatoms. The summed E-state index contributed by atoms with van der Waals surface area (Å²) < 4.78 is 76.3. The predicted octanol–water partition coefficient (Wildman–Crippen LogP) is 2.30. The van der Waals surface area contributed by atoms with E-state index >= 15 is 0 Å². The van der Waals surface area contributed by atoms with Gasteiger partial charge in [-0.05, 0) is 41.5 Å². The van der Waals surface area contributed by atoms with Gasteiger partial charge in [0.1, 0.15) is 11.2 Å². The summed E-state index contributed by atoms with van der Waals surface area (Å²) in [5, 5.41) is 13.0. The minimum atomic E-state index is -4.79. The van der Waals surface area contributed by atoms with Crippen LogP contribution >= 0.6 is 0 Å². The van der Waals surface area contributed by atoms with Crippen molar-refractivity contribution in [2.75, 3.05) is 7.05 Å². The molecule has 0 spiro atoms. The molecule has 0 saturated heterocycles. The summed E-state index contributed by atoms with van der Waals surface area (Å²) in [6.07, 6.45) is -4.79. The number of H-pyrrole nitrogens is 1. The van der Waals surface area contributed by atoms with Gasteiger partial charge < -0.3 is 5.32 Å². The van der Waals surface area contributed by atoms with Crippen LogP contribution in [0.1, 0.15) is 22.5 Å². The average molecular weight is 456 g/mol. The molecule has 1 atom stereocenters. The number of benzene rings is 2. The minimum Gasteiger partial charge on any atom is -0.358 e. The number of hydrogen-bond acceptors (Lipinski definition) is 4. The Kier molecular flexibility index (Phi) is 5.63. The molecule has 0 aliphatic carbocycles. The third-order valence-electron chi connectivity index (χ3n) is 4.73. The largest absolute Gasteiger partial charge is 0.435 e. The zero-order valence-electron chi connectivity index (χ0n) is 15.9. The highest BCUT2D eigenvalue weighted by Crippen LogP contribution is 2.41. The fourth-order valence-corrected chi connectivity index (χ4v) is 3.82. The van der Waals surface area contributed by atoms with E-state index < -0.39 is 39.0 Å². The molecule has 0 aliphatic heterocycles. The van der Waals surface area contributed by atoms with Crippen LogP contribution in [0.3, 0.4) is 0 Å². The number of amides is 1. The van der Waals surface area contributed by atoms with Crippen LogP contribution in [0.4, 0.5) is 17.6 Å². The van der Waals surface area contributed by atoms with Gasteiger partial charge in [0.2, 0.25) is 15.9 Å². The Morgan fingerprint density at radius 2 is 1.55 bits per heavy atom. The van der Waals surface area contributed by atoms with Crippen molar-refractivity contribution in [3.8, 4) is 0 Å². The topological polar surface area (TPSA) is 118 Å². The Hall–Kier alpha value is -3.25. The van der Waals surface area contributed by atoms with Crippen LogP contribution in [0.25, 0.3) is 0 Å². The van der Waals surface area contributed by atoms with Crippen LogP contribution in [0.5, 0.6) is 0 Å². The van der Waals surface area contributed by atoms with Crippen LogP contribution in [-0.4, -0.2) is 31.6 Å². The first kappa shape index (κ1) is 22.4. The molecule has 0 aliphatic rings. The van der Waals surface area contributed by atoms with Crippen molar-refractivity contribution in [2.24, 2.45) is 5.14 Å². The van der Waals surface area contributed by atoms with E-state index in [1.54, 1.807) is 0 Å². The molecule has 0 saturated carbocycles. The van der Waals surface area contributed by atoms with E-state index in [2.05, 4.69) is 15.5 Å². The van der Waals surface area contributed by atoms with E-state index in [1.807, 2.05) is 0 Å². The molecular formula is C19H16F4N4O3S. The molecule has 3 rings (SSSR count). The Morgan fingerprint density at radius 3 is 1.97 bits per heavy atom. The smallest absolute Gasteiger partial charge is 0.358 e. The molecule has 31 heavy (non-hydrogen) atoms. The number of nitrogens with one attached hydrogen (secondary N) is 2. The first-order chi connectivity index (χ1) is 14.4. The van der Waals surface area contributed by atoms with Crippen molar-refractivity contribution in [3.63, 3.8) is 0 Å². The van der Waals surface area contributed by atoms with Crippen molar-refractivity contribution >= 4 is 15.9 Å². The fraction of sp³-hybridized carbons (Fsp3) is 0.158. The van der Waals surface area contributed by atoms with Crippen LogP contribution in [0.15, 0.2) is 59.5 Å². The first-order valence-corrected chi connectivity index (χ1v) is 10.2. The summed E-state index contributed by atoms with van der Waals surface area (Å²) in [7, 11) is -2.78. The van der Waals surface area contributed by atoms with Gasteiger partial charge in [-0.2, -0.15) is 18.3 Å². The molecule has 2 aromatic carbocycles. The monoisotopic (exact) mass is 456 g/mol. The van der Waals surface area contributed by atoms with Gasteiger partial charge in [-0.15, -0.1) is 0 Å². The third-order valence-corrected chi connectivity index (χ3v) is 5.66. The lowest BCUT2D eigenvalue weighted by atomic mass is 9.71. The molecule has 1 aromatic heterocycles. The molecule has 0 bridgehead atoms. The fourth-order valence-electron chi connectivity index (χ4n) is 3.30. The summed E-state index contributed by atoms with van der Waals surface area (Å²) in [6.45, 7) is 0. The van der Waals surface area contributed by atoms with Crippen molar-refractivity contribution in [2.45, 2.75) is 16.5 Å².